The van der Waals surface area contributed by atoms with Crippen molar-refractivity contribution in [2.24, 2.45) is 11.7 Å². The molecule has 0 saturated heterocycles. The first-order chi connectivity index (χ1) is 5.77. The minimum atomic E-state index is 0.651. The molecule has 0 aromatic rings. The molecule has 64 valence electrons. The molecule has 1 nitrogen and oxygen atoms in total. The summed E-state index contributed by atoms with van der Waals surface area (Å²) in [5.74, 6) is 0.651. The number of allylic oxidation sites excluding steroid dienone is 6. The van der Waals surface area contributed by atoms with Gasteiger partial charge in [-0.1, -0.05) is 37.8 Å². The van der Waals surface area contributed by atoms with Gasteiger partial charge in [-0.05, 0) is 23.5 Å². The minimum Gasteiger partial charge on any atom is -0.404 e. The maximum Gasteiger partial charge on any atom is 0.00172 e. The van der Waals surface area contributed by atoms with Crippen molar-refractivity contribution in [3.05, 3.63) is 48.2 Å². The molecular formula is C11H15N. The second kappa shape index (κ2) is 3.96. The summed E-state index contributed by atoms with van der Waals surface area (Å²) in [4.78, 5) is 0. The average Bonchev–Trinajstić information content (AvgIpc) is 2.10. The lowest BCUT2D eigenvalue weighted by molar-refractivity contribution is 0.732. The molecule has 0 saturated carbocycles. The van der Waals surface area contributed by atoms with Gasteiger partial charge in [-0.2, -0.15) is 0 Å². The van der Waals surface area contributed by atoms with Crippen molar-refractivity contribution in [3.8, 4) is 0 Å². The Morgan fingerprint density at radius 1 is 1.75 bits per heavy atom. The Bertz CT molecular complexity index is 256. The van der Waals surface area contributed by atoms with Crippen LogP contribution in [0.3, 0.4) is 0 Å². The smallest absolute Gasteiger partial charge is 0.00172 e. The Kier molecular flexibility index (Phi) is 2.92. The average molecular weight is 161 g/mol. The van der Waals surface area contributed by atoms with Crippen molar-refractivity contribution in [1.82, 2.24) is 0 Å². The second-order valence-electron chi connectivity index (χ2n) is 3.06. The normalized spacial score (nSPS) is 23.6. The van der Waals surface area contributed by atoms with Crippen LogP contribution in [0.2, 0.25) is 0 Å². The van der Waals surface area contributed by atoms with Gasteiger partial charge in [-0.25, -0.2) is 0 Å². The summed E-state index contributed by atoms with van der Waals surface area (Å²) >= 11 is 0. The number of hydrogen-bond acceptors (Lipinski definition) is 1. The van der Waals surface area contributed by atoms with Gasteiger partial charge in [0.15, 0.2) is 0 Å². The maximum absolute atomic E-state index is 5.44. The van der Waals surface area contributed by atoms with E-state index in [1.807, 2.05) is 0 Å². The van der Waals surface area contributed by atoms with E-state index in [0.29, 0.717) is 5.92 Å². The van der Waals surface area contributed by atoms with E-state index >= 15 is 0 Å². The highest BCUT2D eigenvalue weighted by molar-refractivity contribution is 5.46. The molecule has 1 unspecified atom stereocenters. The van der Waals surface area contributed by atoms with Gasteiger partial charge in [-0.3, -0.25) is 0 Å². The molecule has 1 aliphatic rings. The highest BCUT2D eigenvalue weighted by atomic mass is 14.5. The van der Waals surface area contributed by atoms with Gasteiger partial charge < -0.3 is 5.73 Å². The van der Waals surface area contributed by atoms with E-state index in [4.69, 9.17) is 5.73 Å². The predicted molar refractivity (Wildman–Crippen MR) is 53.5 cm³/mol. The SMILES string of the molecule is C=C/C(=C\N)C1=CCC(C)C=C1. The van der Waals surface area contributed by atoms with Crippen molar-refractivity contribution >= 4 is 0 Å². The molecular weight excluding hydrogens is 146 g/mol. The maximum atomic E-state index is 5.44. The molecule has 0 aromatic carbocycles. The van der Waals surface area contributed by atoms with E-state index in [0.717, 1.165) is 12.0 Å². The van der Waals surface area contributed by atoms with E-state index in [1.54, 1.807) is 12.3 Å². The van der Waals surface area contributed by atoms with Crippen LogP contribution in [0.1, 0.15) is 13.3 Å². The standard InChI is InChI=1S/C11H15N/c1-3-10(8-12)11-6-4-9(2)5-7-11/h3-4,6-9H,1,5,12H2,2H3/b10-8+. The zero-order chi connectivity index (χ0) is 8.97. The van der Waals surface area contributed by atoms with Crippen molar-refractivity contribution in [2.45, 2.75) is 13.3 Å². The quantitative estimate of drug-likeness (QED) is 0.619. The lowest BCUT2D eigenvalue weighted by Gasteiger charge is -2.11. The lowest BCUT2D eigenvalue weighted by Crippen LogP contribution is -1.97. The second-order valence-corrected chi connectivity index (χ2v) is 3.06. The molecule has 0 fully saturated rings. The first-order valence-electron chi connectivity index (χ1n) is 4.21. The van der Waals surface area contributed by atoms with Crippen molar-refractivity contribution < 1.29 is 0 Å². The minimum absolute atomic E-state index is 0.651. The van der Waals surface area contributed by atoms with Gasteiger partial charge in [-0.15, -0.1) is 0 Å². The van der Waals surface area contributed by atoms with Gasteiger partial charge in [0, 0.05) is 6.20 Å². The van der Waals surface area contributed by atoms with Crippen LogP contribution in [-0.4, -0.2) is 0 Å². The lowest BCUT2D eigenvalue weighted by atomic mass is 9.94. The molecule has 0 bridgehead atoms. The van der Waals surface area contributed by atoms with Crippen molar-refractivity contribution in [2.75, 3.05) is 0 Å². The Hall–Kier alpha value is -1.24. The molecule has 0 radical (unpaired) electrons. The molecule has 0 heterocycles. The Morgan fingerprint density at radius 2 is 2.50 bits per heavy atom. The van der Waals surface area contributed by atoms with Gasteiger partial charge in [0.1, 0.15) is 0 Å². The van der Waals surface area contributed by atoms with Crippen molar-refractivity contribution in [3.63, 3.8) is 0 Å². The van der Waals surface area contributed by atoms with Crippen LogP contribution >= 0.6 is 0 Å². The highest BCUT2D eigenvalue weighted by Crippen LogP contribution is 2.20. The highest BCUT2D eigenvalue weighted by Gasteiger charge is 2.04. The van der Waals surface area contributed by atoms with Crippen LogP contribution in [0, 0.1) is 5.92 Å². The summed E-state index contributed by atoms with van der Waals surface area (Å²) in [5.41, 5.74) is 7.64. The summed E-state index contributed by atoms with van der Waals surface area (Å²) < 4.78 is 0. The summed E-state index contributed by atoms with van der Waals surface area (Å²) in [6.45, 7) is 5.90. The molecule has 1 rings (SSSR count). The third-order valence-corrected chi connectivity index (χ3v) is 2.05. The van der Waals surface area contributed by atoms with E-state index in [9.17, 15) is 0 Å². The van der Waals surface area contributed by atoms with Crippen LogP contribution in [0.15, 0.2) is 48.2 Å². The van der Waals surface area contributed by atoms with Crippen LogP contribution in [-0.2, 0) is 0 Å². The van der Waals surface area contributed by atoms with E-state index in [1.165, 1.54) is 5.57 Å². The molecule has 1 atom stereocenters. The van der Waals surface area contributed by atoms with Crippen LogP contribution in [0.25, 0.3) is 0 Å². The van der Waals surface area contributed by atoms with Crippen molar-refractivity contribution in [1.29, 1.82) is 0 Å². The molecule has 2 N–H and O–H groups in total. The summed E-state index contributed by atoms with van der Waals surface area (Å²) in [6.07, 6.45) is 11.0. The molecule has 0 amide bonds. The van der Waals surface area contributed by atoms with Crippen LogP contribution < -0.4 is 5.73 Å². The first kappa shape index (κ1) is 8.85. The van der Waals surface area contributed by atoms with Gasteiger partial charge >= 0.3 is 0 Å². The summed E-state index contributed by atoms with van der Waals surface area (Å²) in [6, 6.07) is 0. The van der Waals surface area contributed by atoms with Crippen LogP contribution in [0.4, 0.5) is 0 Å². The fourth-order valence-electron chi connectivity index (χ4n) is 1.22. The fraction of sp³-hybridized carbons (Fsp3) is 0.273. The summed E-state index contributed by atoms with van der Waals surface area (Å²) in [5, 5.41) is 0. The number of nitrogens with two attached hydrogens (primary N) is 1. The third kappa shape index (κ3) is 1.88. The third-order valence-electron chi connectivity index (χ3n) is 2.05. The molecule has 12 heavy (non-hydrogen) atoms. The molecule has 1 aliphatic carbocycles. The van der Waals surface area contributed by atoms with Gasteiger partial charge in [0.05, 0.1) is 0 Å². The van der Waals surface area contributed by atoms with Gasteiger partial charge in [0.25, 0.3) is 0 Å². The fourth-order valence-corrected chi connectivity index (χ4v) is 1.22. The Labute approximate surface area is 74.0 Å². The zero-order valence-electron chi connectivity index (χ0n) is 7.46. The predicted octanol–water partition coefficient (Wildman–Crippen LogP) is 2.54. The topological polar surface area (TPSA) is 26.0 Å². The van der Waals surface area contributed by atoms with Crippen LogP contribution in [0.5, 0.6) is 0 Å². The molecule has 0 aromatic heterocycles. The number of rotatable bonds is 2. The van der Waals surface area contributed by atoms with E-state index in [2.05, 4.69) is 31.7 Å². The Balaban J connectivity index is 2.79. The zero-order valence-corrected chi connectivity index (χ0v) is 7.46. The molecule has 0 aliphatic heterocycles. The van der Waals surface area contributed by atoms with E-state index in [-0.39, 0.29) is 0 Å². The molecule has 0 spiro atoms. The Morgan fingerprint density at radius 3 is 2.92 bits per heavy atom. The number of hydrogen-bond donors (Lipinski definition) is 1. The first-order valence-corrected chi connectivity index (χ1v) is 4.21. The summed E-state index contributed by atoms with van der Waals surface area (Å²) in [7, 11) is 0. The largest absolute Gasteiger partial charge is 0.404 e. The molecule has 1 heteroatoms. The monoisotopic (exact) mass is 161 g/mol. The van der Waals surface area contributed by atoms with Gasteiger partial charge in [0.2, 0.25) is 0 Å². The van der Waals surface area contributed by atoms with E-state index < -0.39 is 0 Å².